The number of sulfonamides is 1. The number of hydrogen-bond acceptors (Lipinski definition) is 5. The van der Waals surface area contributed by atoms with E-state index >= 15 is 0 Å². The number of thiophene rings is 1. The molecule has 5 nitrogen and oxygen atoms in total. The predicted octanol–water partition coefficient (Wildman–Crippen LogP) is 1.62. The normalized spacial score (nSPS) is 12.5. The number of ether oxygens (including phenoxy) is 1. The van der Waals surface area contributed by atoms with Crippen molar-refractivity contribution in [2.24, 2.45) is 5.92 Å². The lowest BCUT2D eigenvalue weighted by Crippen LogP contribution is -2.36. The van der Waals surface area contributed by atoms with Crippen LogP contribution < -0.4 is 5.73 Å². The summed E-state index contributed by atoms with van der Waals surface area (Å²) >= 11 is 1.15. The largest absolute Gasteiger partial charge is 0.398 e. The Bertz CT molecular complexity index is 468. The van der Waals surface area contributed by atoms with Gasteiger partial charge >= 0.3 is 0 Å². The van der Waals surface area contributed by atoms with Crippen LogP contribution >= 0.6 is 11.3 Å². The first-order valence-electron chi connectivity index (χ1n) is 5.71. The van der Waals surface area contributed by atoms with Gasteiger partial charge in [-0.25, -0.2) is 8.42 Å². The zero-order valence-corrected chi connectivity index (χ0v) is 12.6. The fourth-order valence-corrected chi connectivity index (χ4v) is 4.32. The third kappa shape index (κ3) is 3.94. The van der Waals surface area contributed by atoms with Crippen molar-refractivity contribution in [2.75, 3.05) is 32.5 Å². The molecule has 0 atom stereocenters. The van der Waals surface area contributed by atoms with Crippen molar-refractivity contribution in [3.8, 4) is 0 Å². The molecule has 2 N–H and O–H groups in total. The van der Waals surface area contributed by atoms with Gasteiger partial charge < -0.3 is 10.5 Å². The Morgan fingerprint density at radius 2 is 2.17 bits per heavy atom. The molecule has 0 bridgehead atoms. The van der Waals surface area contributed by atoms with Gasteiger partial charge in [0.05, 0.1) is 6.61 Å². The van der Waals surface area contributed by atoms with Crippen molar-refractivity contribution >= 4 is 27.0 Å². The zero-order chi connectivity index (χ0) is 13.8. The number of rotatable bonds is 7. The summed E-state index contributed by atoms with van der Waals surface area (Å²) in [4.78, 5) is 0. The summed E-state index contributed by atoms with van der Waals surface area (Å²) in [5, 5.41) is 1.64. The number of nitrogens with two attached hydrogens (primary N) is 1. The van der Waals surface area contributed by atoms with Gasteiger partial charge in [-0.1, -0.05) is 13.8 Å². The van der Waals surface area contributed by atoms with E-state index in [9.17, 15) is 8.42 Å². The van der Waals surface area contributed by atoms with Crippen molar-refractivity contribution in [3.63, 3.8) is 0 Å². The van der Waals surface area contributed by atoms with E-state index in [0.717, 1.165) is 11.3 Å². The molecular formula is C11H20N2O3S2. The second-order valence-corrected chi connectivity index (χ2v) is 7.52. The van der Waals surface area contributed by atoms with Gasteiger partial charge in [-0.05, 0) is 12.0 Å². The Kier molecular flexibility index (Phi) is 5.58. The van der Waals surface area contributed by atoms with Gasteiger partial charge in [0.1, 0.15) is 4.21 Å². The molecule has 0 unspecified atom stereocenters. The van der Waals surface area contributed by atoms with Crippen LogP contribution in [0.3, 0.4) is 0 Å². The van der Waals surface area contributed by atoms with E-state index in [2.05, 4.69) is 0 Å². The van der Waals surface area contributed by atoms with Crippen LogP contribution in [0.5, 0.6) is 0 Å². The van der Waals surface area contributed by atoms with Gasteiger partial charge in [0.2, 0.25) is 0 Å². The number of methoxy groups -OCH3 is 1. The Morgan fingerprint density at radius 1 is 1.50 bits per heavy atom. The highest BCUT2D eigenvalue weighted by atomic mass is 32.2. The van der Waals surface area contributed by atoms with E-state index in [-0.39, 0.29) is 10.1 Å². The molecule has 7 heteroatoms. The van der Waals surface area contributed by atoms with Crippen LogP contribution in [-0.2, 0) is 14.8 Å². The van der Waals surface area contributed by atoms with Crippen LogP contribution in [0.2, 0.25) is 0 Å². The highest BCUT2D eigenvalue weighted by molar-refractivity contribution is 7.91. The topological polar surface area (TPSA) is 72.6 Å². The smallest absolute Gasteiger partial charge is 0.252 e. The molecule has 0 amide bonds. The minimum absolute atomic E-state index is 0.258. The van der Waals surface area contributed by atoms with Crippen LogP contribution in [0.15, 0.2) is 15.7 Å². The number of anilines is 1. The predicted molar refractivity (Wildman–Crippen MR) is 74.2 cm³/mol. The van der Waals surface area contributed by atoms with E-state index in [1.807, 2.05) is 13.8 Å². The van der Waals surface area contributed by atoms with E-state index in [1.54, 1.807) is 12.5 Å². The van der Waals surface area contributed by atoms with Crippen LogP contribution in [-0.4, -0.2) is 39.5 Å². The maximum absolute atomic E-state index is 12.4. The van der Waals surface area contributed by atoms with Crippen molar-refractivity contribution in [2.45, 2.75) is 18.1 Å². The molecule has 0 spiro atoms. The summed E-state index contributed by atoms with van der Waals surface area (Å²) in [7, 11) is -1.90. The van der Waals surface area contributed by atoms with Gasteiger partial charge in [0.25, 0.3) is 10.0 Å². The van der Waals surface area contributed by atoms with Crippen molar-refractivity contribution in [1.29, 1.82) is 0 Å². The molecule has 0 saturated heterocycles. The van der Waals surface area contributed by atoms with Crippen molar-refractivity contribution < 1.29 is 13.2 Å². The van der Waals surface area contributed by atoms with Crippen LogP contribution in [0, 0.1) is 5.92 Å². The van der Waals surface area contributed by atoms with E-state index in [4.69, 9.17) is 10.5 Å². The quantitative estimate of drug-likeness (QED) is 0.829. The van der Waals surface area contributed by atoms with Crippen LogP contribution in [0.4, 0.5) is 5.69 Å². The highest BCUT2D eigenvalue weighted by Gasteiger charge is 2.26. The lowest BCUT2D eigenvalue weighted by atomic mass is 10.2. The first-order chi connectivity index (χ1) is 8.37. The molecule has 1 aromatic rings. The molecule has 1 aromatic heterocycles. The summed E-state index contributed by atoms with van der Waals surface area (Å²) < 4.78 is 31.5. The summed E-state index contributed by atoms with van der Waals surface area (Å²) in [6.07, 6.45) is 0. The molecule has 0 aliphatic carbocycles. The van der Waals surface area contributed by atoms with Gasteiger partial charge in [-0.2, -0.15) is 4.31 Å². The van der Waals surface area contributed by atoms with Crippen LogP contribution in [0.25, 0.3) is 0 Å². The standard InChI is InChI=1S/C11H20N2O3S2/c1-9(2)7-13(4-5-16-3)18(14,15)11-6-10(12)8-17-11/h6,8-9H,4-5,7,12H2,1-3H3. The molecule has 0 aliphatic heterocycles. The maximum atomic E-state index is 12.4. The second-order valence-electron chi connectivity index (χ2n) is 4.45. The molecule has 0 aromatic carbocycles. The number of nitrogen functional groups attached to an aromatic ring is 1. The monoisotopic (exact) mass is 292 g/mol. The van der Waals surface area contributed by atoms with E-state index < -0.39 is 10.0 Å². The van der Waals surface area contributed by atoms with Gasteiger partial charge in [0.15, 0.2) is 0 Å². The van der Waals surface area contributed by atoms with Crippen molar-refractivity contribution in [3.05, 3.63) is 11.4 Å². The van der Waals surface area contributed by atoms with Gasteiger partial charge in [-0.15, -0.1) is 11.3 Å². The molecule has 0 fully saturated rings. The van der Waals surface area contributed by atoms with Crippen molar-refractivity contribution in [1.82, 2.24) is 4.31 Å². The maximum Gasteiger partial charge on any atom is 0.252 e. The minimum atomic E-state index is -3.46. The number of nitrogens with zero attached hydrogens (tertiary/aromatic N) is 1. The second kappa shape index (κ2) is 6.51. The average Bonchev–Trinajstić information content (AvgIpc) is 2.71. The summed E-state index contributed by atoms with van der Waals surface area (Å²) in [6.45, 7) is 5.18. The first kappa shape index (κ1) is 15.4. The lowest BCUT2D eigenvalue weighted by Gasteiger charge is -2.22. The van der Waals surface area contributed by atoms with E-state index in [1.165, 1.54) is 10.4 Å². The highest BCUT2D eigenvalue weighted by Crippen LogP contribution is 2.25. The SMILES string of the molecule is COCCN(CC(C)C)S(=O)(=O)c1cc(N)cs1. The minimum Gasteiger partial charge on any atom is -0.398 e. The fourth-order valence-electron chi connectivity index (χ4n) is 1.50. The molecule has 1 rings (SSSR count). The Balaban J connectivity index is 2.95. The molecule has 1 heterocycles. The Labute approximate surface area is 113 Å². The molecule has 104 valence electrons. The van der Waals surface area contributed by atoms with Gasteiger partial charge in [0, 0.05) is 31.3 Å². The zero-order valence-electron chi connectivity index (χ0n) is 10.9. The van der Waals surface area contributed by atoms with Gasteiger partial charge in [-0.3, -0.25) is 0 Å². The Hall–Kier alpha value is -0.630. The summed E-state index contributed by atoms with van der Waals surface area (Å²) in [5.41, 5.74) is 6.06. The third-order valence-electron chi connectivity index (χ3n) is 2.30. The number of hydrogen-bond donors (Lipinski definition) is 1. The Morgan fingerprint density at radius 3 is 2.61 bits per heavy atom. The molecule has 0 aliphatic rings. The summed E-state index contributed by atoms with van der Waals surface area (Å²) in [6, 6.07) is 1.50. The molecule has 0 saturated carbocycles. The summed E-state index contributed by atoms with van der Waals surface area (Å²) in [5.74, 6) is 0.258. The molecular weight excluding hydrogens is 272 g/mol. The molecule has 18 heavy (non-hydrogen) atoms. The average molecular weight is 292 g/mol. The molecule has 0 radical (unpaired) electrons. The fraction of sp³-hybridized carbons (Fsp3) is 0.636. The lowest BCUT2D eigenvalue weighted by molar-refractivity contribution is 0.175. The van der Waals surface area contributed by atoms with E-state index in [0.29, 0.717) is 25.4 Å². The first-order valence-corrected chi connectivity index (χ1v) is 8.03. The van der Waals surface area contributed by atoms with Crippen LogP contribution in [0.1, 0.15) is 13.8 Å². The third-order valence-corrected chi connectivity index (χ3v) is 5.60.